The number of aliphatic hydroxyl groups excluding tert-OH is 2. The van der Waals surface area contributed by atoms with Crippen molar-refractivity contribution >= 4 is 0 Å². The highest BCUT2D eigenvalue weighted by Gasteiger charge is 2.19. The summed E-state index contributed by atoms with van der Waals surface area (Å²) in [6, 6.07) is 4.48. The first kappa shape index (κ1) is 11.4. The molecule has 0 saturated carbocycles. The lowest BCUT2D eigenvalue weighted by atomic mass is 10.0. The minimum atomic E-state index is -1.15. The van der Waals surface area contributed by atoms with Gasteiger partial charge in [-0.3, -0.25) is 4.79 Å². The van der Waals surface area contributed by atoms with Crippen molar-refractivity contribution < 1.29 is 10.2 Å². The van der Waals surface area contributed by atoms with E-state index in [4.69, 9.17) is 5.26 Å². The number of nitrogens with zero attached hydrogens (tertiary/aromatic N) is 1. The minimum Gasteiger partial charge on any atom is -0.389 e. The van der Waals surface area contributed by atoms with Gasteiger partial charge in [-0.1, -0.05) is 0 Å². The standard InChI is InChI=1S/C10H12N2O3/c1-6-7(2-3-9(14)12-6)10(15)8(13)4-5-11/h2-3,8,10,13,15H,4H2,1H3,(H,12,14). The van der Waals surface area contributed by atoms with Gasteiger partial charge < -0.3 is 15.2 Å². The molecule has 0 bridgehead atoms. The van der Waals surface area contributed by atoms with Gasteiger partial charge >= 0.3 is 0 Å². The molecule has 0 fully saturated rings. The number of hydrogen-bond donors (Lipinski definition) is 3. The normalized spacial score (nSPS) is 14.3. The zero-order valence-corrected chi connectivity index (χ0v) is 8.27. The van der Waals surface area contributed by atoms with E-state index in [9.17, 15) is 15.0 Å². The molecule has 0 aliphatic carbocycles. The van der Waals surface area contributed by atoms with Gasteiger partial charge in [0, 0.05) is 17.3 Å². The van der Waals surface area contributed by atoms with Crippen molar-refractivity contribution in [3.05, 3.63) is 33.7 Å². The summed E-state index contributed by atoms with van der Waals surface area (Å²) in [4.78, 5) is 13.4. The summed E-state index contributed by atoms with van der Waals surface area (Å²) in [6.07, 6.45) is -2.44. The Morgan fingerprint density at radius 3 is 2.73 bits per heavy atom. The first-order chi connectivity index (χ1) is 7.06. The van der Waals surface area contributed by atoms with Crippen LogP contribution in [0.25, 0.3) is 0 Å². The van der Waals surface area contributed by atoms with Crippen molar-refractivity contribution in [2.24, 2.45) is 0 Å². The van der Waals surface area contributed by atoms with Gasteiger partial charge in [0.2, 0.25) is 5.56 Å². The van der Waals surface area contributed by atoms with Crippen LogP contribution in [0.15, 0.2) is 16.9 Å². The molecule has 1 rings (SSSR count). The topological polar surface area (TPSA) is 97.1 Å². The Morgan fingerprint density at radius 2 is 2.20 bits per heavy atom. The van der Waals surface area contributed by atoms with E-state index in [0.717, 1.165) is 0 Å². The lowest BCUT2D eigenvalue weighted by Gasteiger charge is -2.16. The highest BCUT2D eigenvalue weighted by atomic mass is 16.3. The van der Waals surface area contributed by atoms with E-state index >= 15 is 0 Å². The molecule has 1 heterocycles. The monoisotopic (exact) mass is 208 g/mol. The van der Waals surface area contributed by atoms with Crippen LogP contribution in [0.5, 0.6) is 0 Å². The molecule has 5 nitrogen and oxygen atoms in total. The molecule has 0 aromatic carbocycles. The van der Waals surface area contributed by atoms with Crippen LogP contribution < -0.4 is 5.56 Å². The first-order valence-corrected chi connectivity index (χ1v) is 4.49. The molecule has 0 amide bonds. The number of nitriles is 1. The summed E-state index contributed by atoms with van der Waals surface area (Å²) < 4.78 is 0. The Bertz CT molecular complexity index is 433. The maximum atomic E-state index is 10.9. The molecule has 15 heavy (non-hydrogen) atoms. The summed E-state index contributed by atoms with van der Waals surface area (Å²) in [6.45, 7) is 1.62. The van der Waals surface area contributed by atoms with Crippen molar-refractivity contribution in [2.45, 2.75) is 25.6 Å². The van der Waals surface area contributed by atoms with Gasteiger partial charge in [-0.15, -0.1) is 0 Å². The molecule has 1 aromatic heterocycles. The van der Waals surface area contributed by atoms with Crippen LogP contribution in [0.3, 0.4) is 0 Å². The molecule has 80 valence electrons. The van der Waals surface area contributed by atoms with Gasteiger partial charge in [-0.2, -0.15) is 5.26 Å². The first-order valence-electron chi connectivity index (χ1n) is 4.49. The summed E-state index contributed by atoms with van der Waals surface area (Å²) in [5.74, 6) is 0. The fraction of sp³-hybridized carbons (Fsp3) is 0.400. The number of aliphatic hydroxyl groups is 2. The molecular formula is C10H12N2O3. The maximum absolute atomic E-state index is 10.9. The molecule has 0 aliphatic heterocycles. The van der Waals surface area contributed by atoms with Crippen molar-refractivity contribution in [3.8, 4) is 6.07 Å². The van der Waals surface area contributed by atoms with E-state index in [2.05, 4.69) is 4.98 Å². The van der Waals surface area contributed by atoms with E-state index in [0.29, 0.717) is 11.3 Å². The summed E-state index contributed by atoms with van der Waals surface area (Å²) in [7, 11) is 0. The Kier molecular flexibility index (Phi) is 3.61. The number of hydrogen-bond acceptors (Lipinski definition) is 4. The van der Waals surface area contributed by atoms with Crippen molar-refractivity contribution in [1.82, 2.24) is 4.98 Å². The van der Waals surface area contributed by atoms with Crippen LogP contribution in [0.2, 0.25) is 0 Å². The van der Waals surface area contributed by atoms with Crippen LogP contribution in [0.1, 0.15) is 23.8 Å². The third kappa shape index (κ3) is 2.65. The van der Waals surface area contributed by atoms with Crippen LogP contribution in [0.4, 0.5) is 0 Å². The Morgan fingerprint density at radius 1 is 1.53 bits per heavy atom. The number of aromatic nitrogens is 1. The van der Waals surface area contributed by atoms with E-state index in [1.54, 1.807) is 13.0 Å². The van der Waals surface area contributed by atoms with Gasteiger partial charge in [-0.25, -0.2) is 0 Å². The number of H-pyrrole nitrogens is 1. The lowest BCUT2D eigenvalue weighted by molar-refractivity contribution is 0.0210. The Balaban J connectivity index is 2.96. The third-order valence-corrected chi connectivity index (χ3v) is 2.14. The fourth-order valence-corrected chi connectivity index (χ4v) is 1.32. The predicted molar refractivity (Wildman–Crippen MR) is 53.0 cm³/mol. The quantitative estimate of drug-likeness (QED) is 0.650. The largest absolute Gasteiger partial charge is 0.389 e. The molecule has 5 heteroatoms. The van der Waals surface area contributed by atoms with E-state index < -0.39 is 12.2 Å². The van der Waals surface area contributed by atoms with Gasteiger partial charge in [-0.05, 0) is 13.0 Å². The SMILES string of the molecule is Cc1[nH]c(=O)ccc1C(O)C(O)CC#N. The van der Waals surface area contributed by atoms with Gasteiger partial charge in [0.25, 0.3) is 0 Å². The third-order valence-electron chi connectivity index (χ3n) is 2.14. The van der Waals surface area contributed by atoms with Crippen molar-refractivity contribution in [1.29, 1.82) is 5.26 Å². The molecule has 0 saturated heterocycles. The molecule has 0 spiro atoms. The van der Waals surface area contributed by atoms with Crippen molar-refractivity contribution in [2.75, 3.05) is 0 Å². The van der Waals surface area contributed by atoms with Crippen LogP contribution in [0, 0.1) is 18.3 Å². The molecule has 0 aliphatic rings. The molecule has 0 radical (unpaired) electrons. The number of nitrogens with one attached hydrogen (secondary N) is 1. The average Bonchev–Trinajstić information content (AvgIpc) is 2.17. The molecule has 2 atom stereocenters. The second-order valence-electron chi connectivity index (χ2n) is 3.28. The highest BCUT2D eigenvalue weighted by Crippen LogP contribution is 2.19. The molecule has 1 aromatic rings. The minimum absolute atomic E-state index is 0.153. The summed E-state index contributed by atoms with van der Waals surface area (Å²) >= 11 is 0. The van der Waals surface area contributed by atoms with Gasteiger partial charge in [0.1, 0.15) is 6.10 Å². The second kappa shape index (κ2) is 4.73. The second-order valence-corrected chi connectivity index (χ2v) is 3.28. The maximum Gasteiger partial charge on any atom is 0.248 e. The Labute approximate surface area is 86.6 Å². The summed E-state index contributed by atoms with van der Waals surface area (Å²) in [5.41, 5.74) is 0.655. The van der Waals surface area contributed by atoms with Crippen LogP contribution >= 0.6 is 0 Å². The number of aryl methyl sites for hydroxylation is 1. The molecule has 3 N–H and O–H groups in total. The number of aromatic amines is 1. The molecular weight excluding hydrogens is 196 g/mol. The van der Waals surface area contributed by atoms with Gasteiger partial charge in [0.15, 0.2) is 0 Å². The van der Waals surface area contributed by atoms with E-state index in [-0.39, 0.29) is 12.0 Å². The Hall–Kier alpha value is -1.64. The summed E-state index contributed by atoms with van der Waals surface area (Å²) in [5, 5.41) is 27.4. The fourth-order valence-electron chi connectivity index (χ4n) is 1.32. The smallest absolute Gasteiger partial charge is 0.248 e. The van der Waals surface area contributed by atoms with E-state index in [1.165, 1.54) is 12.1 Å². The van der Waals surface area contributed by atoms with Crippen LogP contribution in [-0.4, -0.2) is 21.3 Å². The average molecular weight is 208 g/mol. The zero-order valence-electron chi connectivity index (χ0n) is 8.27. The lowest BCUT2D eigenvalue weighted by Crippen LogP contribution is -2.20. The van der Waals surface area contributed by atoms with Gasteiger partial charge in [0.05, 0.1) is 18.6 Å². The van der Waals surface area contributed by atoms with Crippen molar-refractivity contribution in [3.63, 3.8) is 0 Å². The van der Waals surface area contributed by atoms with E-state index in [1.807, 2.05) is 0 Å². The number of pyridine rings is 1. The van der Waals surface area contributed by atoms with Crippen LogP contribution in [-0.2, 0) is 0 Å². The highest BCUT2D eigenvalue weighted by molar-refractivity contribution is 5.22. The number of rotatable bonds is 3. The zero-order chi connectivity index (χ0) is 11.4. The predicted octanol–water partition coefficient (Wildman–Crippen LogP) is -0.00870. The molecule has 2 unspecified atom stereocenters.